The van der Waals surface area contributed by atoms with Crippen LogP contribution in [0.5, 0.6) is 0 Å². The van der Waals surface area contributed by atoms with Crippen LogP contribution in [0.1, 0.15) is 15.2 Å². The Morgan fingerprint density at radius 1 is 1.15 bits per heavy atom. The van der Waals surface area contributed by atoms with E-state index < -0.39 is 6.09 Å². The minimum absolute atomic E-state index is 0.0531. The molecule has 0 aliphatic heterocycles. The van der Waals surface area contributed by atoms with Crippen molar-refractivity contribution in [2.75, 3.05) is 16.4 Å². The van der Waals surface area contributed by atoms with E-state index in [4.69, 9.17) is 10.8 Å². The number of nitrogens with two attached hydrogens (primary N) is 1. The topological polar surface area (TPSA) is 130 Å². The fraction of sp³-hybridized carbons (Fsp3) is 0. The van der Waals surface area contributed by atoms with E-state index in [2.05, 4.69) is 20.6 Å². The number of hydrogen-bond donors (Lipinski definition) is 4. The van der Waals surface area contributed by atoms with Crippen LogP contribution in [0.15, 0.2) is 42.6 Å². The minimum atomic E-state index is -1.25. The Hall–Kier alpha value is -3.53. The van der Waals surface area contributed by atoms with Crippen LogP contribution in [-0.4, -0.2) is 27.0 Å². The lowest BCUT2D eigenvalue weighted by Gasteiger charge is -2.02. The molecule has 0 atom stereocenters. The van der Waals surface area contributed by atoms with E-state index in [1.54, 1.807) is 0 Å². The van der Waals surface area contributed by atoms with Crippen molar-refractivity contribution >= 4 is 45.7 Å². The molecule has 1 aromatic carbocycles. The maximum absolute atomic E-state index is 12.9. The standard InChI is InChI=1S/C16H12FN5O3S/c17-9-2-4-10(5-3-9)20-15-22-14(18)13(26-15)12(23)8-1-6-11(19-7-8)21-16(24)25/h1-7H,18H2,(H,19,21)(H,20,22)(H,24,25). The summed E-state index contributed by atoms with van der Waals surface area (Å²) in [5.74, 6) is -0.595. The van der Waals surface area contributed by atoms with Crippen LogP contribution in [0.4, 0.5) is 31.6 Å². The number of carbonyl (C=O) groups is 2. The predicted octanol–water partition coefficient (Wildman–Crippen LogP) is 3.32. The fourth-order valence-corrected chi connectivity index (χ4v) is 2.91. The summed E-state index contributed by atoms with van der Waals surface area (Å²) in [6, 6.07) is 8.47. The lowest BCUT2D eigenvalue weighted by molar-refractivity contribution is 0.104. The van der Waals surface area contributed by atoms with Crippen molar-refractivity contribution in [3.8, 4) is 0 Å². The third kappa shape index (κ3) is 3.92. The second kappa shape index (κ2) is 7.15. The van der Waals surface area contributed by atoms with Gasteiger partial charge in [-0.1, -0.05) is 11.3 Å². The molecule has 0 aliphatic carbocycles. The number of carboxylic acid groups (broad SMARTS) is 1. The van der Waals surface area contributed by atoms with Gasteiger partial charge in [-0.15, -0.1) is 0 Å². The van der Waals surface area contributed by atoms with E-state index >= 15 is 0 Å². The zero-order valence-corrected chi connectivity index (χ0v) is 13.9. The summed E-state index contributed by atoms with van der Waals surface area (Å²) >= 11 is 1.05. The second-order valence-corrected chi connectivity index (χ2v) is 6.06. The molecule has 5 N–H and O–H groups in total. The van der Waals surface area contributed by atoms with E-state index in [1.165, 1.54) is 42.6 Å². The van der Waals surface area contributed by atoms with Crippen LogP contribution in [0.2, 0.25) is 0 Å². The second-order valence-electron chi connectivity index (χ2n) is 5.06. The van der Waals surface area contributed by atoms with Crippen LogP contribution in [0, 0.1) is 5.82 Å². The van der Waals surface area contributed by atoms with Crippen LogP contribution in [0.3, 0.4) is 0 Å². The summed E-state index contributed by atoms with van der Waals surface area (Å²) in [4.78, 5) is 31.3. The average molecular weight is 373 g/mol. The third-order valence-electron chi connectivity index (χ3n) is 3.22. The first kappa shape index (κ1) is 17.3. The molecule has 0 radical (unpaired) electrons. The number of pyridine rings is 1. The highest BCUT2D eigenvalue weighted by Gasteiger charge is 2.18. The molecule has 10 heteroatoms. The molecule has 2 aromatic heterocycles. The van der Waals surface area contributed by atoms with E-state index in [9.17, 15) is 14.0 Å². The lowest BCUT2D eigenvalue weighted by atomic mass is 10.1. The smallest absolute Gasteiger partial charge is 0.410 e. The summed E-state index contributed by atoms with van der Waals surface area (Å²) in [5, 5.41) is 14.0. The lowest BCUT2D eigenvalue weighted by Crippen LogP contribution is -2.09. The van der Waals surface area contributed by atoms with Crippen molar-refractivity contribution < 1.29 is 19.1 Å². The highest BCUT2D eigenvalue weighted by atomic mass is 32.1. The van der Waals surface area contributed by atoms with Crippen molar-refractivity contribution in [1.82, 2.24) is 9.97 Å². The molecule has 0 spiro atoms. The molecular weight excluding hydrogens is 361 g/mol. The highest BCUT2D eigenvalue weighted by Crippen LogP contribution is 2.29. The molecule has 3 rings (SSSR count). The summed E-state index contributed by atoms with van der Waals surface area (Å²) in [6.07, 6.45) is -0.000355. The summed E-state index contributed by atoms with van der Waals surface area (Å²) in [7, 11) is 0. The van der Waals surface area contributed by atoms with Crippen molar-refractivity contribution in [3.63, 3.8) is 0 Å². The van der Waals surface area contributed by atoms with Crippen molar-refractivity contribution in [1.29, 1.82) is 0 Å². The molecule has 0 bridgehead atoms. The van der Waals surface area contributed by atoms with E-state index in [0.717, 1.165) is 11.3 Å². The number of anilines is 4. The van der Waals surface area contributed by atoms with E-state index in [-0.39, 0.29) is 33.7 Å². The molecule has 0 saturated heterocycles. The molecule has 3 aromatic rings. The van der Waals surface area contributed by atoms with Crippen molar-refractivity contribution in [3.05, 3.63) is 58.9 Å². The molecule has 26 heavy (non-hydrogen) atoms. The van der Waals surface area contributed by atoms with Gasteiger partial charge in [0.15, 0.2) is 5.13 Å². The maximum Gasteiger partial charge on any atom is 0.410 e. The molecule has 0 aliphatic rings. The summed E-state index contributed by atoms with van der Waals surface area (Å²) in [5.41, 5.74) is 6.66. The number of amides is 1. The zero-order valence-electron chi connectivity index (χ0n) is 13.1. The molecule has 0 unspecified atom stereocenters. The van der Waals surface area contributed by atoms with Crippen LogP contribution < -0.4 is 16.4 Å². The minimum Gasteiger partial charge on any atom is -0.465 e. The van der Waals surface area contributed by atoms with Crippen molar-refractivity contribution in [2.24, 2.45) is 0 Å². The Balaban J connectivity index is 1.78. The quantitative estimate of drug-likeness (QED) is 0.505. The van der Waals surface area contributed by atoms with E-state index in [0.29, 0.717) is 10.8 Å². The zero-order chi connectivity index (χ0) is 18.7. The maximum atomic E-state index is 12.9. The van der Waals surface area contributed by atoms with Crippen molar-refractivity contribution in [2.45, 2.75) is 0 Å². The van der Waals surface area contributed by atoms with Crippen LogP contribution in [-0.2, 0) is 0 Å². The highest BCUT2D eigenvalue weighted by molar-refractivity contribution is 7.18. The number of benzene rings is 1. The molecule has 8 nitrogen and oxygen atoms in total. The molecule has 1 amide bonds. The number of ketones is 1. The van der Waals surface area contributed by atoms with Gasteiger partial charge in [-0.25, -0.2) is 19.2 Å². The largest absolute Gasteiger partial charge is 0.465 e. The number of halogens is 1. The molecular formula is C16H12FN5O3S. The fourth-order valence-electron chi connectivity index (χ4n) is 2.05. The first-order chi connectivity index (χ1) is 12.4. The number of rotatable bonds is 5. The predicted molar refractivity (Wildman–Crippen MR) is 95.5 cm³/mol. The number of nitrogens with zero attached hydrogens (tertiary/aromatic N) is 2. The molecule has 0 saturated carbocycles. The Morgan fingerprint density at radius 2 is 1.88 bits per heavy atom. The molecule has 0 fully saturated rings. The van der Waals surface area contributed by atoms with Gasteiger partial charge in [-0.05, 0) is 36.4 Å². The Labute approximate surface area is 150 Å². The van der Waals surface area contributed by atoms with Gasteiger partial charge in [0.2, 0.25) is 5.78 Å². The first-order valence-electron chi connectivity index (χ1n) is 7.22. The average Bonchev–Trinajstić information content (AvgIpc) is 2.97. The summed E-state index contributed by atoms with van der Waals surface area (Å²) in [6.45, 7) is 0. The normalized spacial score (nSPS) is 10.3. The number of carbonyl (C=O) groups excluding carboxylic acids is 1. The van der Waals surface area contributed by atoms with Gasteiger partial charge in [0, 0.05) is 17.4 Å². The van der Waals surface area contributed by atoms with Gasteiger partial charge in [0.25, 0.3) is 0 Å². The number of nitrogen functional groups attached to an aromatic ring is 1. The van der Waals surface area contributed by atoms with Crippen LogP contribution in [0.25, 0.3) is 0 Å². The number of nitrogens with one attached hydrogen (secondary N) is 2. The molecule has 132 valence electrons. The van der Waals surface area contributed by atoms with E-state index in [1.807, 2.05) is 0 Å². The van der Waals surface area contributed by atoms with Gasteiger partial charge >= 0.3 is 6.09 Å². The monoisotopic (exact) mass is 373 g/mol. The first-order valence-corrected chi connectivity index (χ1v) is 8.03. The SMILES string of the molecule is Nc1nc(Nc2ccc(F)cc2)sc1C(=O)c1ccc(NC(=O)O)nc1. The van der Waals surface area contributed by atoms with Gasteiger partial charge < -0.3 is 16.2 Å². The van der Waals surface area contributed by atoms with Gasteiger partial charge in [0.1, 0.15) is 22.3 Å². The molecule has 2 heterocycles. The summed E-state index contributed by atoms with van der Waals surface area (Å²) < 4.78 is 12.9. The Morgan fingerprint density at radius 3 is 2.50 bits per heavy atom. The third-order valence-corrected chi connectivity index (χ3v) is 4.20. The Kier molecular flexibility index (Phi) is 4.76. The number of thiazole rings is 1. The Bertz CT molecular complexity index is 957. The number of aromatic nitrogens is 2. The van der Waals surface area contributed by atoms with Gasteiger partial charge in [0.05, 0.1) is 0 Å². The van der Waals surface area contributed by atoms with Gasteiger partial charge in [-0.2, -0.15) is 0 Å². The number of hydrogen-bond acceptors (Lipinski definition) is 7. The van der Waals surface area contributed by atoms with Gasteiger partial charge in [-0.3, -0.25) is 10.1 Å². The van der Waals surface area contributed by atoms with Crippen LogP contribution >= 0.6 is 11.3 Å².